The van der Waals surface area contributed by atoms with Gasteiger partial charge in [0.05, 0.1) is 12.3 Å². The van der Waals surface area contributed by atoms with E-state index in [0.29, 0.717) is 18.1 Å². The predicted molar refractivity (Wildman–Crippen MR) is 110 cm³/mol. The maximum absolute atomic E-state index is 11.9. The van der Waals surface area contributed by atoms with Crippen LogP contribution < -0.4 is 14.8 Å². The van der Waals surface area contributed by atoms with Crippen LogP contribution in [0, 0.1) is 0 Å². The highest BCUT2D eigenvalue weighted by molar-refractivity contribution is 8.00. The Balaban J connectivity index is 1.14. The minimum Gasteiger partial charge on any atom is -0.486 e. The predicted octanol–water partition coefficient (Wildman–Crippen LogP) is 2.77. The number of aryl methyl sites for hydroxylation is 2. The van der Waals surface area contributed by atoms with Gasteiger partial charge in [-0.2, -0.15) is 0 Å². The molecule has 6 nitrogen and oxygen atoms in total. The summed E-state index contributed by atoms with van der Waals surface area (Å²) in [5.41, 5.74) is 2.78. The van der Waals surface area contributed by atoms with Gasteiger partial charge in [-0.15, -0.1) is 11.8 Å². The Morgan fingerprint density at radius 1 is 1.10 bits per heavy atom. The molecule has 1 aliphatic heterocycles. The zero-order chi connectivity index (χ0) is 20.1. The summed E-state index contributed by atoms with van der Waals surface area (Å²) < 4.78 is 16.5. The molecule has 0 spiro atoms. The van der Waals surface area contributed by atoms with Crippen molar-refractivity contribution in [3.8, 4) is 11.5 Å². The average Bonchev–Trinajstić information content (AvgIpc) is 3.22. The zero-order valence-corrected chi connectivity index (χ0v) is 16.8. The summed E-state index contributed by atoms with van der Waals surface area (Å²) in [6, 6.07) is 13.7. The molecule has 0 saturated carbocycles. The number of benzene rings is 2. The molecule has 1 amide bonds. The van der Waals surface area contributed by atoms with Crippen LogP contribution in [0.4, 0.5) is 0 Å². The highest BCUT2D eigenvalue weighted by atomic mass is 32.2. The highest BCUT2D eigenvalue weighted by Gasteiger charge is 2.21. The van der Waals surface area contributed by atoms with Crippen molar-refractivity contribution in [3.05, 3.63) is 53.6 Å². The third kappa shape index (κ3) is 5.23. The molecular formula is C22H23NO5S. The third-order valence-corrected chi connectivity index (χ3v) is 5.85. The maximum Gasteiger partial charge on any atom is 0.316 e. The molecule has 2 aliphatic rings. The van der Waals surface area contributed by atoms with Crippen LogP contribution in [0.25, 0.3) is 0 Å². The van der Waals surface area contributed by atoms with E-state index in [0.717, 1.165) is 17.7 Å². The number of hydrogen-bond donors (Lipinski definition) is 1. The molecule has 2 aromatic carbocycles. The number of nitrogens with one attached hydrogen (secondary N) is 1. The van der Waals surface area contributed by atoms with Crippen molar-refractivity contribution < 1.29 is 23.8 Å². The number of thioether (sulfide) groups is 1. The second-order valence-corrected chi connectivity index (χ2v) is 8.08. The number of esters is 1. The molecule has 1 heterocycles. The molecule has 29 heavy (non-hydrogen) atoms. The number of rotatable bonds is 7. The summed E-state index contributed by atoms with van der Waals surface area (Å²) in [5, 5.41) is 2.71. The summed E-state index contributed by atoms with van der Waals surface area (Å²) in [4.78, 5) is 24.9. The number of hydrogen-bond acceptors (Lipinski definition) is 6. The van der Waals surface area contributed by atoms with E-state index in [4.69, 9.17) is 14.2 Å². The van der Waals surface area contributed by atoms with E-state index < -0.39 is 5.97 Å². The molecule has 0 saturated heterocycles. The van der Waals surface area contributed by atoms with Crippen molar-refractivity contribution in [3.63, 3.8) is 0 Å². The second-order valence-electron chi connectivity index (χ2n) is 7.04. The summed E-state index contributed by atoms with van der Waals surface area (Å²) in [7, 11) is 0. The lowest BCUT2D eigenvalue weighted by Crippen LogP contribution is -2.42. The minimum absolute atomic E-state index is 0.183. The molecule has 0 aromatic heterocycles. The lowest BCUT2D eigenvalue weighted by molar-refractivity contribution is -0.146. The van der Waals surface area contributed by atoms with Gasteiger partial charge in [0.15, 0.2) is 18.1 Å². The number of para-hydroxylation sites is 2. The Morgan fingerprint density at radius 2 is 1.93 bits per heavy atom. The van der Waals surface area contributed by atoms with Gasteiger partial charge in [-0.05, 0) is 54.7 Å². The lowest BCUT2D eigenvalue weighted by Gasteiger charge is -2.26. The van der Waals surface area contributed by atoms with Gasteiger partial charge in [-0.25, -0.2) is 0 Å². The number of carbonyl (C=O) groups is 2. The average molecular weight is 413 g/mol. The van der Waals surface area contributed by atoms with Crippen LogP contribution in [-0.2, 0) is 27.2 Å². The number of fused-ring (bicyclic) bond motifs is 2. The van der Waals surface area contributed by atoms with Gasteiger partial charge >= 0.3 is 5.97 Å². The molecule has 2 aromatic rings. The van der Waals surface area contributed by atoms with Gasteiger partial charge in [0.1, 0.15) is 12.7 Å². The molecule has 1 aliphatic carbocycles. The third-order valence-electron chi connectivity index (χ3n) is 4.89. The van der Waals surface area contributed by atoms with Gasteiger partial charge in [-0.1, -0.05) is 18.2 Å². The normalized spacial score (nSPS) is 16.8. The van der Waals surface area contributed by atoms with E-state index in [1.165, 1.54) is 29.3 Å². The Kier molecular flexibility index (Phi) is 6.24. The fourth-order valence-corrected chi connectivity index (χ4v) is 4.17. The maximum atomic E-state index is 11.9. The summed E-state index contributed by atoms with van der Waals surface area (Å²) in [6.45, 7) is 0.344. The van der Waals surface area contributed by atoms with Gasteiger partial charge in [0, 0.05) is 4.90 Å². The summed E-state index contributed by atoms with van der Waals surface area (Å²) in [5.74, 6) is 0.778. The first kappa shape index (κ1) is 19.6. The van der Waals surface area contributed by atoms with Crippen molar-refractivity contribution in [2.24, 2.45) is 0 Å². The van der Waals surface area contributed by atoms with E-state index in [1.807, 2.05) is 30.3 Å². The fraction of sp³-hybridized carbons (Fsp3) is 0.364. The highest BCUT2D eigenvalue weighted by Crippen LogP contribution is 2.30. The first-order chi connectivity index (χ1) is 14.2. The first-order valence-corrected chi connectivity index (χ1v) is 10.7. The molecule has 7 heteroatoms. The number of ether oxygens (including phenoxy) is 3. The van der Waals surface area contributed by atoms with Crippen molar-refractivity contribution >= 4 is 23.6 Å². The van der Waals surface area contributed by atoms with Gasteiger partial charge < -0.3 is 19.5 Å². The first-order valence-electron chi connectivity index (χ1n) is 9.73. The smallest absolute Gasteiger partial charge is 0.316 e. The molecule has 1 atom stereocenters. The second kappa shape index (κ2) is 9.22. The minimum atomic E-state index is -0.406. The van der Waals surface area contributed by atoms with E-state index in [1.54, 1.807) is 0 Å². The van der Waals surface area contributed by atoms with Crippen LogP contribution >= 0.6 is 11.8 Å². The van der Waals surface area contributed by atoms with Gasteiger partial charge in [0.25, 0.3) is 5.91 Å². The topological polar surface area (TPSA) is 73.9 Å². The fourth-order valence-electron chi connectivity index (χ4n) is 3.41. The molecule has 0 radical (unpaired) electrons. The number of amides is 1. The van der Waals surface area contributed by atoms with E-state index in [9.17, 15) is 9.59 Å². The van der Waals surface area contributed by atoms with Crippen molar-refractivity contribution in [1.82, 2.24) is 5.32 Å². The molecule has 152 valence electrons. The Morgan fingerprint density at radius 3 is 2.83 bits per heavy atom. The molecule has 0 fully saturated rings. The van der Waals surface area contributed by atoms with Gasteiger partial charge in [-0.3, -0.25) is 9.59 Å². The van der Waals surface area contributed by atoms with Crippen LogP contribution in [0.5, 0.6) is 11.5 Å². The molecule has 4 rings (SSSR count). The largest absolute Gasteiger partial charge is 0.486 e. The lowest BCUT2D eigenvalue weighted by atomic mass is 10.1. The van der Waals surface area contributed by atoms with Crippen molar-refractivity contribution in [2.45, 2.75) is 30.3 Å². The van der Waals surface area contributed by atoms with E-state index in [-0.39, 0.29) is 30.9 Å². The van der Waals surface area contributed by atoms with E-state index >= 15 is 0 Å². The molecular weight excluding hydrogens is 390 g/mol. The van der Waals surface area contributed by atoms with Gasteiger partial charge in [0.2, 0.25) is 0 Å². The summed E-state index contributed by atoms with van der Waals surface area (Å²) >= 11 is 1.43. The monoisotopic (exact) mass is 413 g/mol. The Bertz CT molecular complexity index is 901. The summed E-state index contributed by atoms with van der Waals surface area (Å²) in [6.07, 6.45) is 3.17. The standard InChI is InChI=1S/C22H23NO5S/c24-21(23-11-17-12-26-19-6-1-2-7-20(19)28-17)13-27-22(25)14-29-18-9-8-15-4-3-5-16(15)10-18/h1-2,6-10,17H,3-5,11-14H2,(H,23,24)/t17-/m0/s1. The van der Waals surface area contributed by atoms with Crippen LogP contribution in [-0.4, -0.2) is 43.5 Å². The quantitative estimate of drug-likeness (QED) is 0.556. The molecule has 0 bridgehead atoms. The SMILES string of the molecule is O=C(COC(=O)CSc1ccc2c(c1)CCC2)NC[C@H]1COc2ccccc2O1. The molecule has 0 unspecified atom stereocenters. The van der Waals surface area contributed by atoms with Crippen LogP contribution in [0.2, 0.25) is 0 Å². The number of carbonyl (C=O) groups excluding carboxylic acids is 2. The van der Waals surface area contributed by atoms with Crippen LogP contribution in [0.15, 0.2) is 47.4 Å². The van der Waals surface area contributed by atoms with Crippen LogP contribution in [0.1, 0.15) is 17.5 Å². The van der Waals surface area contributed by atoms with Crippen LogP contribution in [0.3, 0.4) is 0 Å². The Labute approximate surface area is 173 Å². The van der Waals surface area contributed by atoms with Crippen molar-refractivity contribution in [1.29, 1.82) is 0 Å². The Hall–Kier alpha value is -2.67. The zero-order valence-electron chi connectivity index (χ0n) is 16.0. The van der Waals surface area contributed by atoms with E-state index in [2.05, 4.69) is 17.4 Å². The van der Waals surface area contributed by atoms with Crippen molar-refractivity contribution in [2.75, 3.05) is 25.5 Å². The molecule has 1 N–H and O–H groups in total.